The first kappa shape index (κ1) is 21.0. The molecule has 4 amide bonds. The molecule has 0 aliphatic carbocycles. The number of likely N-dealkylation sites (tertiary alicyclic amines) is 1. The monoisotopic (exact) mass is 400 g/mol. The highest BCUT2D eigenvalue weighted by atomic mass is 16.2. The van der Waals surface area contributed by atoms with Gasteiger partial charge >= 0.3 is 0 Å². The summed E-state index contributed by atoms with van der Waals surface area (Å²) in [6.45, 7) is 3.27. The van der Waals surface area contributed by atoms with Crippen LogP contribution in [0.15, 0.2) is 24.3 Å². The number of piperidine rings is 1. The molecule has 0 saturated carbocycles. The molecule has 0 radical (unpaired) electrons. The molecule has 8 heteroatoms. The van der Waals surface area contributed by atoms with E-state index in [-0.39, 0.29) is 42.5 Å². The van der Waals surface area contributed by atoms with E-state index in [1.54, 1.807) is 24.3 Å². The Balaban J connectivity index is 1.31. The molecule has 2 heterocycles. The Morgan fingerprint density at radius 1 is 1.07 bits per heavy atom. The van der Waals surface area contributed by atoms with E-state index in [9.17, 15) is 19.2 Å². The van der Waals surface area contributed by atoms with Gasteiger partial charge in [-0.05, 0) is 50.9 Å². The first-order valence-electron chi connectivity index (χ1n) is 10.2. The Morgan fingerprint density at radius 2 is 1.76 bits per heavy atom. The number of carbonyl (C=O) groups excluding carboxylic acids is 4. The second kappa shape index (κ2) is 9.65. The summed E-state index contributed by atoms with van der Waals surface area (Å²) >= 11 is 0. The topological polar surface area (TPSA) is 113 Å². The van der Waals surface area contributed by atoms with Gasteiger partial charge in [0.15, 0.2) is 0 Å². The van der Waals surface area contributed by atoms with E-state index in [1.165, 1.54) is 4.90 Å². The number of rotatable bonds is 9. The average molecular weight is 400 g/mol. The van der Waals surface area contributed by atoms with Crippen molar-refractivity contribution in [3.8, 4) is 0 Å². The highest BCUT2D eigenvalue weighted by Gasteiger charge is 2.34. The molecule has 1 unspecified atom stereocenters. The average Bonchev–Trinajstić information content (AvgIpc) is 2.96. The third-order valence-electron chi connectivity index (χ3n) is 5.54. The minimum atomic E-state index is -0.290. The van der Waals surface area contributed by atoms with Gasteiger partial charge in [0.2, 0.25) is 11.8 Å². The molecule has 1 atom stereocenters. The molecule has 2 aliphatic rings. The molecule has 3 rings (SSSR count). The second-order valence-electron chi connectivity index (χ2n) is 7.66. The lowest BCUT2D eigenvalue weighted by atomic mass is 9.97. The van der Waals surface area contributed by atoms with Crippen LogP contribution in [0.25, 0.3) is 0 Å². The van der Waals surface area contributed by atoms with Crippen molar-refractivity contribution in [2.45, 2.75) is 32.1 Å². The molecule has 0 spiro atoms. The highest BCUT2D eigenvalue weighted by molar-refractivity contribution is 6.21. The fourth-order valence-electron chi connectivity index (χ4n) is 3.95. The summed E-state index contributed by atoms with van der Waals surface area (Å²) < 4.78 is 0. The van der Waals surface area contributed by atoms with Crippen molar-refractivity contribution in [3.63, 3.8) is 0 Å². The third-order valence-corrected chi connectivity index (χ3v) is 5.54. The molecular formula is C21H28N4O4. The normalized spacial score (nSPS) is 19.3. The number of hydrogen-bond acceptors (Lipinski definition) is 5. The summed E-state index contributed by atoms with van der Waals surface area (Å²) in [7, 11) is 0. The molecule has 8 nitrogen and oxygen atoms in total. The first-order chi connectivity index (χ1) is 14.0. The minimum absolute atomic E-state index is 0.0690. The number of hydrogen-bond donors (Lipinski definition) is 2. The van der Waals surface area contributed by atoms with Crippen LogP contribution in [0.2, 0.25) is 0 Å². The van der Waals surface area contributed by atoms with Crippen LogP contribution in [0, 0.1) is 5.92 Å². The molecule has 1 saturated heterocycles. The zero-order chi connectivity index (χ0) is 20.8. The number of carbonyl (C=O) groups is 4. The number of nitrogens with one attached hydrogen (secondary N) is 1. The van der Waals surface area contributed by atoms with Crippen LogP contribution in [-0.4, -0.2) is 66.2 Å². The van der Waals surface area contributed by atoms with E-state index in [1.807, 2.05) is 0 Å². The van der Waals surface area contributed by atoms with Gasteiger partial charge < -0.3 is 16.0 Å². The van der Waals surface area contributed by atoms with Gasteiger partial charge in [-0.25, -0.2) is 0 Å². The number of nitrogens with two attached hydrogens (primary N) is 1. The SMILES string of the molecule is NC(=O)C1CCCN(CCCNC(=O)CCCN2C(=O)c3ccccc3C2=O)C1. The van der Waals surface area contributed by atoms with Crippen LogP contribution in [0.1, 0.15) is 52.8 Å². The lowest BCUT2D eigenvalue weighted by Crippen LogP contribution is -2.42. The smallest absolute Gasteiger partial charge is 0.261 e. The molecule has 2 aliphatic heterocycles. The zero-order valence-electron chi connectivity index (χ0n) is 16.6. The first-order valence-corrected chi connectivity index (χ1v) is 10.2. The van der Waals surface area contributed by atoms with Gasteiger partial charge in [0.25, 0.3) is 11.8 Å². The van der Waals surface area contributed by atoms with E-state index >= 15 is 0 Å². The van der Waals surface area contributed by atoms with Crippen molar-refractivity contribution in [1.29, 1.82) is 0 Å². The molecule has 0 bridgehead atoms. The van der Waals surface area contributed by atoms with E-state index in [4.69, 9.17) is 5.73 Å². The van der Waals surface area contributed by atoms with Crippen molar-refractivity contribution < 1.29 is 19.2 Å². The highest BCUT2D eigenvalue weighted by Crippen LogP contribution is 2.22. The van der Waals surface area contributed by atoms with Gasteiger partial charge in [-0.2, -0.15) is 0 Å². The summed E-state index contributed by atoms with van der Waals surface area (Å²) in [5.74, 6) is -0.972. The summed E-state index contributed by atoms with van der Waals surface area (Å²) in [4.78, 5) is 51.3. The molecule has 1 fully saturated rings. The van der Waals surface area contributed by atoms with Crippen LogP contribution in [-0.2, 0) is 9.59 Å². The van der Waals surface area contributed by atoms with E-state index in [0.717, 1.165) is 32.4 Å². The minimum Gasteiger partial charge on any atom is -0.369 e. The van der Waals surface area contributed by atoms with Gasteiger partial charge in [-0.15, -0.1) is 0 Å². The van der Waals surface area contributed by atoms with E-state index < -0.39 is 0 Å². The third kappa shape index (κ3) is 5.20. The molecule has 156 valence electrons. The predicted octanol–water partition coefficient (Wildman–Crippen LogP) is 0.766. The number of amides is 4. The van der Waals surface area contributed by atoms with Gasteiger partial charge in [0.05, 0.1) is 17.0 Å². The summed E-state index contributed by atoms with van der Waals surface area (Å²) in [5, 5.41) is 2.88. The summed E-state index contributed by atoms with van der Waals surface area (Å²) in [5.41, 5.74) is 6.25. The fourth-order valence-corrected chi connectivity index (χ4v) is 3.95. The number of primary amides is 1. The predicted molar refractivity (Wildman–Crippen MR) is 107 cm³/mol. The van der Waals surface area contributed by atoms with Crippen molar-refractivity contribution in [2.24, 2.45) is 11.7 Å². The van der Waals surface area contributed by atoms with Crippen LogP contribution in [0.3, 0.4) is 0 Å². The Kier molecular flexibility index (Phi) is 6.98. The molecule has 1 aromatic carbocycles. The van der Waals surface area contributed by atoms with Crippen LogP contribution in [0.5, 0.6) is 0 Å². The van der Waals surface area contributed by atoms with Crippen LogP contribution < -0.4 is 11.1 Å². The van der Waals surface area contributed by atoms with Crippen molar-refractivity contribution in [3.05, 3.63) is 35.4 Å². The standard InChI is InChI=1S/C21H28N4O4/c22-19(27)15-6-3-11-24(14-15)12-5-10-23-18(26)9-4-13-25-20(28)16-7-1-2-8-17(16)21(25)29/h1-2,7-8,15H,3-6,9-14H2,(H2,22,27)(H,23,26). The molecule has 3 N–H and O–H groups in total. The quantitative estimate of drug-likeness (QED) is 0.470. The van der Waals surface area contributed by atoms with E-state index in [0.29, 0.717) is 30.6 Å². The number of fused-ring (bicyclic) bond motifs is 1. The molecule has 1 aromatic rings. The summed E-state index contributed by atoms with van der Waals surface area (Å²) in [6.07, 6.45) is 3.33. The fraction of sp³-hybridized carbons (Fsp3) is 0.524. The maximum absolute atomic E-state index is 12.3. The van der Waals surface area contributed by atoms with Gasteiger partial charge in [0.1, 0.15) is 0 Å². The maximum Gasteiger partial charge on any atom is 0.261 e. The summed E-state index contributed by atoms with van der Waals surface area (Å²) in [6, 6.07) is 6.77. The van der Waals surface area contributed by atoms with Crippen molar-refractivity contribution in [1.82, 2.24) is 15.1 Å². The molecular weight excluding hydrogens is 372 g/mol. The van der Waals surface area contributed by atoms with Gasteiger partial charge in [0, 0.05) is 26.1 Å². The van der Waals surface area contributed by atoms with Gasteiger partial charge in [-0.1, -0.05) is 12.1 Å². The van der Waals surface area contributed by atoms with Gasteiger partial charge in [-0.3, -0.25) is 24.1 Å². The zero-order valence-corrected chi connectivity index (χ0v) is 16.6. The number of benzene rings is 1. The largest absolute Gasteiger partial charge is 0.369 e. The lowest BCUT2D eigenvalue weighted by molar-refractivity contribution is -0.123. The Hall–Kier alpha value is -2.74. The number of imide groups is 1. The Morgan fingerprint density at radius 3 is 2.41 bits per heavy atom. The van der Waals surface area contributed by atoms with Crippen molar-refractivity contribution >= 4 is 23.6 Å². The Labute approximate surface area is 170 Å². The number of nitrogens with zero attached hydrogens (tertiary/aromatic N) is 2. The second-order valence-corrected chi connectivity index (χ2v) is 7.66. The maximum atomic E-state index is 12.3. The lowest BCUT2D eigenvalue weighted by Gasteiger charge is -2.31. The van der Waals surface area contributed by atoms with E-state index in [2.05, 4.69) is 10.2 Å². The van der Waals surface area contributed by atoms with Crippen LogP contribution >= 0.6 is 0 Å². The van der Waals surface area contributed by atoms with Crippen molar-refractivity contribution in [2.75, 3.05) is 32.7 Å². The van der Waals surface area contributed by atoms with Crippen LogP contribution in [0.4, 0.5) is 0 Å². The molecule has 29 heavy (non-hydrogen) atoms. The Bertz CT molecular complexity index is 760. The molecule has 0 aromatic heterocycles.